The molecule has 0 fully saturated rings. The second kappa shape index (κ2) is 3.34. The van der Waals surface area contributed by atoms with Gasteiger partial charge in [-0.25, -0.2) is 0 Å². The minimum Gasteiger partial charge on any atom is -0.282 e. The summed E-state index contributed by atoms with van der Waals surface area (Å²) in [4.78, 5) is -0.340. The summed E-state index contributed by atoms with van der Waals surface area (Å²) in [6, 6.07) is 0. The molecule has 0 aromatic heterocycles. The smallest absolute Gasteiger partial charge is 0.282 e. The van der Waals surface area contributed by atoms with Crippen LogP contribution in [0.5, 0.6) is 0 Å². The Morgan fingerprint density at radius 3 is 2.30 bits per heavy atom. The van der Waals surface area contributed by atoms with E-state index in [0.717, 1.165) is 6.08 Å². The van der Waals surface area contributed by atoms with Crippen molar-refractivity contribution in [2.24, 2.45) is 0 Å². The SMILES string of the molecule is C=C/C=C\C(=C)S(=O)(=O)O. The summed E-state index contributed by atoms with van der Waals surface area (Å²) in [5, 5.41) is 0. The monoisotopic (exact) mass is 160 g/mol. The summed E-state index contributed by atoms with van der Waals surface area (Å²) in [6.45, 7) is 6.40. The van der Waals surface area contributed by atoms with E-state index in [1.165, 1.54) is 12.2 Å². The molecule has 0 aromatic rings. The largest absolute Gasteiger partial charge is 0.293 e. The lowest BCUT2D eigenvalue weighted by atomic mass is 10.5. The van der Waals surface area contributed by atoms with Crippen LogP contribution in [0, 0.1) is 0 Å². The van der Waals surface area contributed by atoms with Gasteiger partial charge in [-0.15, -0.1) is 0 Å². The highest BCUT2D eigenvalue weighted by Crippen LogP contribution is 2.01. The van der Waals surface area contributed by atoms with Gasteiger partial charge >= 0.3 is 0 Å². The zero-order chi connectivity index (χ0) is 8.20. The van der Waals surface area contributed by atoms with Crippen LogP contribution in [0.15, 0.2) is 36.3 Å². The molecule has 0 radical (unpaired) electrons. The molecule has 3 nitrogen and oxygen atoms in total. The van der Waals surface area contributed by atoms with E-state index >= 15 is 0 Å². The van der Waals surface area contributed by atoms with Crippen molar-refractivity contribution in [1.29, 1.82) is 0 Å². The number of rotatable bonds is 3. The highest BCUT2D eigenvalue weighted by atomic mass is 32.2. The second-order valence-electron chi connectivity index (χ2n) is 1.54. The maximum absolute atomic E-state index is 10.2. The molecular formula is C6H8O3S. The summed E-state index contributed by atoms with van der Waals surface area (Å²) >= 11 is 0. The average molecular weight is 160 g/mol. The molecule has 0 saturated carbocycles. The fraction of sp³-hybridized carbons (Fsp3) is 0. The van der Waals surface area contributed by atoms with Crippen molar-refractivity contribution in [2.75, 3.05) is 0 Å². The molecule has 0 amide bonds. The Hall–Kier alpha value is -0.870. The molecule has 1 N–H and O–H groups in total. The molecule has 0 bridgehead atoms. The van der Waals surface area contributed by atoms with E-state index in [2.05, 4.69) is 13.2 Å². The van der Waals surface area contributed by atoms with Crippen LogP contribution in [0.4, 0.5) is 0 Å². The molecule has 0 rings (SSSR count). The van der Waals surface area contributed by atoms with Gasteiger partial charge in [0.15, 0.2) is 0 Å². The van der Waals surface area contributed by atoms with Crippen molar-refractivity contribution in [3.05, 3.63) is 36.3 Å². The van der Waals surface area contributed by atoms with Gasteiger partial charge < -0.3 is 0 Å². The summed E-state index contributed by atoms with van der Waals surface area (Å²) in [5.74, 6) is 0. The topological polar surface area (TPSA) is 54.4 Å². The predicted molar refractivity (Wildman–Crippen MR) is 40.0 cm³/mol. The first kappa shape index (κ1) is 9.13. The average Bonchev–Trinajstić information content (AvgIpc) is 1.80. The van der Waals surface area contributed by atoms with Gasteiger partial charge in [-0.3, -0.25) is 4.55 Å². The van der Waals surface area contributed by atoms with Crippen LogP contribution in [0.1, 0.15) is 0 Å². The minimum atomic E-state index is -4.10. The Kier molecular flexibility index (Phi) is 3.05. The standard InChI is InChI=1S/C6H8O3S/c1-3-4-5-6(2)10(7,8)9/h3-5H,1-2H2,(H,7,8,9)/b5-4-. The Morgan fingerprint density at radius 1 is 1.50 bits per heavy atom. The van der Waals surface area contributed by atoms with Crippen LogP contribution in [-0.4, -0.2) is 13.0 Å². The molecule has 0 spiro atoms. The van der Waals surface area contributed by atoms with E-state index in [4.69, 9.17) is 4.55 Å². The lowest BCUT2D eigenvalue weighted by Crippen LogP contribution is -1.96. The quantitative estimate of drug-likeness (QED) is 0.497. The van der Waals surface area contributed by atoms with Crippen LogP contribution in [0.25, 0.3) is 0 Å². The number of allylic oxidation sites excluding steroid dienone is 3. The summed E-state index contributed by atoms with van der Waals surface area (Å²) in [6.07, 6.45) is 3.91. The maximum Gasteiger partial charge on any atom is 0.293 e. The summed E-state index contributed by atoms with van der Waals surface area (Å²) < 4.78 is 28.7. The van der Waals surface area contributed by atoms with Gasteiger partial charge in [0, 0.05) is 0 Å². The Labute approximate surface area is 60.1 Å². The van der Waals surface area contributed by atoms with Gasteiger partial charge in [-0.1, -0.05) is 25.3 Å². The molecule has 10 heavy (non-hydrogen) atoms. The van der Waals surface area contributed by atoms with Gasteiger partial charge in [0.25, 0.3) is 10.1 Å². The molecule has 0 aliphatic rings. The zero-order valence-electron chi connectivity index (χ0n) is 5.32. The Bertz CT molecular complexity index is 259. The van der Waals surface area contributed by atoms with E-state index in [9.17, 15) is 8.42 Å². The molecule has 0 aliphatic heterocycles. The number of hydrogen-bond donors (Lipinski definition) is 1. The van der Waals surface area contributed by atoms with Crippen LogP contribution in [0.3, 0.4) is 0 Å². The van der Waals surface area contributed by atoms with E-state index in [1.54, 1.807) is 0 Å². The fourth-order valence-electron chi connectivity index (χ4n) is 0.261. The fourth-order valence-corrected chi connectivity index (χ4v) is 0.512. The zero-order valence-corrected chi connectivity index (χ0v) is 6.13. The van der Waals surface area contributed by atoms with Gasteiger partial charge in [0.1, 0.15) is 0 Å². The van der Waals surface area contributed by atoms with Crippen LogP contribution in [-0.2, 0) is 10.1 Å². The molecule has 4 heteroatoms. The van der Waals surface area contributed by atoms with E-state index in [0.29, 0.717) is 0 Å². The van der Waals surface area contributed by atoms with Crippen molar-refractivity contribution in [3.63, 3.8) is 0 Å². The summed E-state index contributed by atoms with van der Waals surface area (Å²) in [7, 11) is -4.10. The third-order valence-electron chi connectivity index (χ3n) is 0.750. The molecule has 0 aliphatic carbocycles. The van der Waals surface area contributed by atoms with E-state index in [1.807, 2.05) is 0 Å². The van der Waals surface area contributed by atoms with Crippen molar-refractivity contribution in [1.82, 2.24) is 0 Å². The number of hydrogen-bond acceptors (Lipinski definition) is 2. The molecule has 0 atom stereocenters. The molecule has 0 heterocycles. The first-order valence-electron chi connectivity index (χ1n) is 2.44. The molecule has 0 saturated heterocycles. The van der Waals surface area contributed by atoms with Crippen molar-refractivity contribution in [2.45, 2.75) is 0 Å². The van der Waals surface area contributed by atoms with Crippen molar-refractivity contribution >= 4 is 10.1 Å². The van der Waals surface area contributed by atoms with E-state index in [-0.39, 0.29) is 4.91 Å². The third kappa shape index (κ3) is 3.21. The minimum absolute atomic E-state index is 0.340. The first-order valence-corrected chi connectivity index (χ1v) is 3.88. The van der Waals surface area contributed by atoms with Gasteiger partial charge in [-0.05, 0) is 6.08 Å². The predicted octanol–water partition coefficient (Wildman–Crippen LogP) is 1.13. The maximum atomic E-state index is 10.2. The lowest BCUT2D eigenvalue weighted by Gasteiger charge is -1.90. The molecular weight excluding hydrogens is 152 g/mol. The van der Waals surface area contributed by atoms with Crippen LogP contribution < -0.4 is 0 Å². The van der Waals surface area contributed by atoms with E-state index < -0.39 is 10.1 Å². The van der Waals surface area contributed by atoms with Gasteiger partial charge in [-0.2, -0.15) is 8.42 Å². The highest BCUT2D eigenvalue weighted by molar-refractivity contribution is 7.90. The normalized spacial score (nSPS) is 11.7. The Balaban J connectivity index is 4.42. The molecule has 0 aromatic carbocycles. The third-order valence-corrected chi connectivity index (χ3v) is 1.55. The lowest BCUT2D eigenvalue weighted by molar-refractivity contribution is 0.492. The summed E-state index contributed by atoms with van der Waals surface area (Å²) in [5.41, 5.74) is 0. The van der Waals surface area contributed by atoms with Crippen molar-refractivity contribution < 1.29 is 13.0 Å². The van der Waals surface area contributed by atoms with Gasteiger partial charge in [0.2, 0.25) is 0 Å². The van der Waals surface area contributed by atoms with Gasteiger partial charge in [0.05, 0.1) is 4.91 Å². The van der Waals surface area contributed by atoms with Crippen LogP contribution in [0.2, 0.25) is 0 Å². The Morgan fingerprint density at radius 2 is 2.00 bits per heavy atom. The molecule has 56 valence electrons. The first-order chi connectivity index (χ1) is 4.48. The second-order valence-corrected chi connectivity index (χ2v) is 3.01. The highest BCUT2D eigenvalue weighted by Gasteiger charge is 2.04. The molecule has 0 unspecified atom stereocenters. The van der Waals surface area contributed by atoms with Crippen molar-refractivity contribution in [3.8, 4) is 0 Å². The van der Waals surface area contributed by atoms with Crippen LogP contribution >= 0.6 is 0 Å².